The van der Waals surface area contributed by atoms with Crippen molar-refractivity contribution in [3.05, 3.63) is 71.5 Å². The van der Waals surface area contributed by atoms with E-state index in [1.165, 1.54) is 10.9 Å². The van der Waals surface area contributed by atoms with Crippen LogP contribution < -0.4 is 10.1 Å². The van der Waals surface area contributed by atoms with Crippen molar-refractivity contribution in [1.29, 1.82) is 0 Å². The molecule has 3 nitrogen and oxygen atoms in total. The second-order valence-electron chi connectivity index (χ2n) is 6.98. The molecule has 1 aliphatic carbocycles. The van der Waals surface area contributed by atoms with Crippen LogP contribution in [0.15, 0.2) is 60.9 Å². The van der Waals surface area contributed by atoms with Gasteiger partial charge in [0.25, 0.3) is 0 Å². The molecule has 1 aliphatic rings. The molecule has 0 aliphatic heterocycles. The first-order valence-electron chi connectivity index (χ1n) is 9.24. The summed E-state index contributed by atoms with van der Waals surface area (Å²) in [5.74, 6) is 0.960. The van der Waals surface area contributed by atoms with Gasteiger partial charge in [-0.1, -0.05) is 23.7 Å². The van der Waals surface area contributed by atoms with Gasteiger partial charge >= 0.3 is 0 Å². The number of nitrogens with one attached hydrogen (secondary N) is 1. The summed E-state index contributed by atoms with van der Waals surface area (Å²) in [6, 6.07) is 16.9. The van der Waals surface area contributed by atoms with E-state index in [0.717, 1.165) is 48.4 Å². The summed E-state index contributed by atoms with van der Waals surface area (Å²) in [7, 11) is 0. The minimum Gasteiger partial charge on any atom is -0.490 e. The van der Waals surface area contributed by atoms with Gasteiger partial charge in [0.1, 0.15) is 5.75 Å². The van der Waals surface area contributed by atoms with E-state index in [2.05, 4.69) is 40.6 Å². The lowest BCUT2D eigenvalue weighted by molar-refractivity contribution is 0.139. The average molecular weight is 367 g/mol. The van der Waals surface area contributed by atoms with Crippen LogP contribution in [0.5, 0.6) is 5.75 Å². The lowest BCUT2D eigenvalue weighted by atomic mass is 9.92. The van der Waals surface area contributed by atoms with Crippen molar-refractivity contribution < 1.29 is 4.74 Å². The molecule has 0 unspecified atom stereocenters. The molecule has 26 heavy (non-hydrogen) atoms. The molecule has 1 fully saturated rings. The van der Waals surface area contributed by atoms with Crippen molar-refractivity contribution in [3.63, 3.8) is 0 Å². The summed E-state index contributed by atoms with van der Waals surface area (Å²) in [5, 5.41) is 6.77. The van der Waals surface area contributed by atoms with Gasteiger partial charge in [0.2, 0.25) is 0 Å². The van der Waals surface area contributed by atoms with E-state index in [-0.39, 0.29) is 0 Å². The molecule has 0 saturated heterocycles. The fourth-order valence-electron chi connectivity index (χ4n) is 3.58. The Hall–Kier alpha value is -2.10. The lowest BCUT2D eigenvalue weighted by Crippen LogP contribution is -2.35. The first-order valence-corrected chi connectivity index (χ1v) is 9.62. The van der Waals surface area contributed by atoms with Gasteiger partial charge in [-0.05, 0) is 73.0 Å². The summed E-state index contributed by atoms with van der Waals surface area (Å²) < 4.78 is 6.22. The van der Waals surface area contributed by atoms with Gasteiger partial charge in [-0.25, -0.2) is 0 Å². The number of aromatic nitrogens is 1. The summed E-state index contributed by atoms with van der Waals surface area (Å²) >= 11 is 5.94. The van der Waals surface area contributed by atoms with Crippen LogP contribution in [0.4, 0.5) is 0 Å². The number of fused-ring (bicyclic) bond motifs is 1. The highest BCUT2D eigenvalue weighted by molar-refractivity contribution is 6.30. The Morgan fingerprint density at radius 1 is 0.962 bits per heavy atom. The van der Waals surface area contributed by atoms with E-state index < -0.39 is 0 Å². The van der Waals surface area contributed by atoms with Crippen LogP contribution in [-0.4, -0.2) is 17.1 Å². The van der Waals surface area contributed by atoms with Crippen LogP contribution in [0.25, 0.3) is 10.8 Å². The van der Waals surface area contributed by atoms with Gasteiger partial charge in [0, 0.05) is 35.4 Å². The fourth-order valence-corrected chi connectivity index (χ4v) is 3.70. The first-order chi connectivity index (χ1) is 12.8. The van der Waals surface area contributed by atoms with Crippen molar-refractivity contribution in [3.8, 4) is 5.75 Å². The Bertz CT molecular complexity index is 857. The first kappa shape index (κ1) is 17.3. The van der Waals surface area contributed by atoms with Gasteiger partial charge in [-0.15, -0.1) is 0 Å². The highest BCUT2D eigenvalue weighted by atomic mass is 35.5. The molecule has 2 aromatic carbocycles. The monoisotopic (exact) mass is 366 g/mol. The van der Waals surface area contributed by atoms with Crippen LogP contribution in [0.1, 0.15) is 31.2 Å². The van der Waals surface area contributed by atoms with E-state index in [1.54, 1.807) is 0 Å². The zero-order valence-corrected chi connectivity index (χ0v) is 15.5. The molecule has 1 aromatic heterocycles. The molecule has 4 heteroatoms. The van der Waals surface area contributed by atoms with Crippen LogP contribution in [-0.2, 0) is 6.54 Å². The zero-order chi connectivity index (χ0) is 17.8. The van der Waals surface area contributed by atoms with E-state index in [4.69, 9.17) is 16.3 Å². The van der Waals surface area contributed by atoms with E-state index in [9.17, 15) is 0 Å². The van der Waals surface area contributed by atoms with Crippen LogP contribution >= 0.6 is 11.6 Å². The Morgan fingerprint density at radius 2 is 1.77 bits per heavy atom. The number of hydrogen-bond acceptors (Lipinski definition) is 3. The summed E-state index contributed by atoms with van der Waals surface area (Å²) in [4.78, 5) is 4.16. The SMILES string of the molecule is Clc1ccc(CNC2CCC(Oc3ccc4cnccc4c3)CC2)cc1. The van der Waals surface area contributed by atoms with Crippen molar-refractivity contribution in [2.24, 2.45) is 0 Å². The van der Waals surface area contributed by atoms with Gasteiger partial charge < -0.3 is 10.1 Å². The molecule has 0 radical (unpaired) electrons. The molecule has 0 atom stereocenters. The van der Waals surface area contributed by atoms with Crippen molar-refractivity contribution in [1.82, 2.24) is 10.3 Å². The number of hydrogen-bond donors (Lipinski definition) is 1. The van der Waals surface area contributed by atoms with Crippen molar-refractivity contribution in [2.75, 3.05) is 0 Å². The third kappa shape index (κ3) is 4.35. The standard InChI is InChI=1S/C22H23ClN2O/c23-19-4-1-16(2-5-19)14-25-20-6-9-21(10-7-20)26-22-8-3-18-15-24-12-11-17(18)13-22/h1-5,8,11-13,15,20-21,25H,6-7,9-10,14H2. The maximum absolute atomic E-state index is 6.22. The summed E-state index contributed by atoms with van der Waals surface area (Å²) in [6.45, 7) is 0.895. The highest BCUT2D eigenvalue weighted by Crippen LogP contribution is 2.26. The summed E-state index contributed by atoms with van der Waals surface area (Å²) in [5.41, 5.74) is 1.28. The zero-order valence-electron chi connectivity index (χ0n) is 14.7. The smallest absolute Gasteiger partial charge is 0.120 e. The van der Waals surface area contributed by atoms with Gasteiger partial charge in [0.05, 0.1) is 6.10 Å². The van der Waals surface area contributed by atoms with E-state index in [1.807, 2.05) is 30.6 Å². The van der Waals surface area contributed by atoms with Crippen LogP contribution in [0.3, 0.4) is 0 Å². The number of ether oxygens (including phenoxy) is 1. The Morgan fingerprint density at radius 3 is 2.58 bits per heavy atom. The second kappa shape index (κ2) is 8.07. The van der Waals surface area contributed by atoms with Gasteiger partial charge in [0.15, 0.2) is 0 Å². The largest absolute Gasteiger partial charge is 0.490 e. The minimum atomic E-state index is 0.308. The summed E-state index contributed by atoms with van der Waals surface area (Å²) in [6.07, 6.45) is 8.49. The number of nitrogens with zero attached hydrogens (tertiary/aromatic N) is 1. The number of rotatable bonds is 5. The van der Waals surface area contributed by atoms with Crippen molar-refractivity contribution >= 4 is 22.4 Å². The third-order valence-corrected chi connectivity index (χ3v) is 5.35. The molecule has 0 spiro atoms. The predicted molar refractivity (Wildman–Crippen MR) is 107 cm³/mol. The number of benzene rings is 2. The molecule has 4 rings (SSSR count). The second-order valence-corrected chi connectivity index (χ2v) is 7.42. The molecule has 1 N–H and O–H groups in total. The Labute approximate surface area is 159 Å². The fraction of sp³-hybridized carbons (Fsp3) is 0.318. The topological polar surface area (TPSA) is 34.1 Å². The van der Waals surface area contributed by atoms with E-state index in [0.29, 0.717) is 12.1 Å². The lowest BCUT2D eigenvalue weighted by Gasteiger charge is -2.29. The molecule has 134 valence electrons. The molecule has 1 saturated carbocycles. The maximum Gasteiger partial charge on any atom is 0.120 e. The Balaban J connectivity index is 1.27. The molecular weight excluding hydrogens is 344 g/mol. The quantitative estimate of drug-likeness (QED) is 0.659. The van der Waals surface area contributed by atoms with E-state index >= 15 is 0 Å². The number of pyridine rings is 1. The van der Waals surface area contributed by atoms with Gasteiger partial charge in [-0.2, -0.15) is 0 Å². The third-order valence-electron chi connectivity index (χ3n) is 5.10. The van der Waals surface area contributed by atoms with Gasteiger partial charge in [-0.3, -0.25) is 4.98 Å². The molecule has 1 heterocycles. The van der Waals surface area contributed by atoms with Crippen LogP contribution in [0.2, 0.25) is 5.02 Å². The Kier molecular flexibility index (Phi) is 5.37. The average Bonchev–Trinajstić information content (AvgIpc) is 2.69. The predicted octanol–water partition coefficient (Wildman–Crippen LogP) is 5.37. The number of halogens is 1. The minimum absolute atomic E-state index is 0.308. The molecule has 0 bridgehead atoms. The molecule has 0 amide bonds. The van der Waals surface area contributed by atoms with Crippen molar-refractivity contribution in [2.45, 2.75) is 44.4 Å². The molecule has 3 aromatic rings. The maximum atomic E-state index is 6.22. The normalized spacial score (nSPS) is 20.2. The highest BCUT2D eigenvalue weighted by Gasteiger charge is 2.22. The molecular formula is C22H23ClN2O. The van der Waals surface area contributed by atoms with Crippen LogP contribution in [0, 0.1) is 0 Å².